The highest BCUT2D eigenvalue weighted by Gasteiger charge is 2.56. The molecule has 0 amide bonds. The Labute approximate surface area is 127 Å². The molecule has 2 atom stereocenters. The second-order valence-electron chi connectivity index (χ2n) is 6.26. The summed E-state index contributed by atoms with van der Waals surface area (Å²) in [5.74, 6) is -0.141. The van der Waals surface area contributed by atoms with Gasteiger partial charge in [-0.05, 0) is 37.5 Å². The van der Waals surface area contributed by atoms with Crippen LogP contribution in [0.25, 0.3) is 0 Å². The molecule has 0 aromatic heterocycles. The standard InChI is InChI=1S/C16H20F4O2/c1-3-6-15(21,16(18,19)20)10-14(2)7-8-22-13-5-4-11(17)9-12(13)14/h4-5,9,21H,3,6-8,10H2,1-2H3. The van der Waals surface area contributed by atoms with Crippen LogP contribution >= 0.6 is 0 Å². The lowest BCUT2D eigenvalue weighted by molar-refractivity contribution is -0.270. The normalized spacial score (nSPS) is 24.3. The van der Waals surface area contributed by atoms with Crippen molar-refractivity contribution in [3.63, 3.8) is 0 Å². The van der Waals surface area contributed by atoms with Gasteiger partial charge >= 0.3 is 6.18 Å². The molecule has 2 nitrogen and oxygen atoms in total. The number of benzene rings is 1. The van der Waals surface area contributed by atoms with E-state index in [1.165, 1.54) is 18.2 Å². The van der Waals surface area contributed by atoms with Gasteiger partial charge in [0.15, 0.2) is 5.60 Å². The summed E-state index contributed by atoms with van der Waals surface area (Å²) < 4.78 is 58.9. The maximum absolute atomic E-state index is 13.5. The molecule has 0 saturated carbocycles. The van der Waals surface area contributed by atoms with Crippen LogP contribution in [0.3, 0.4) is 0 Å². The van der Waals surface area contributed by atoms with E-state index in [2.05, 4.69) is 0 Å². The average molecular weight is 320 g/mol. The lowest BCUT2D eigenvalue weighted by Gasteiger charge is -2.42. The van der Waals surface area contributed by atoms with Gasteiger partial charge in [-0.1, -0.05) is 20.3 Å². The lowest BCUT2D eigenvalue weighted by atomic mass is 9.69. The summed E-state index contributed by atoms with van der Waals surface area (Å²) in [7, 11) is 0. The molecular formula is C16H20F4O2. The summed E-state index contributed by atoms with van der Waals surface area (Å²) in [6.07, 6.45) is -5.10. The van der Waals surface area contributed by atoms with Crippen molar-refractivity contribution >= 4 is 0 Å². The molecular weight excluding hydrogens is 300 g/mol. The van der Waals surface area contributed by atoms with Crippen molar-refractivity contribution in [2.75, 3.05) is 6.61 Å². The van der Waals surface area contributed by atoms with Crippen molar-refractivity contribution in [2.24, 2.45) is 0 Å². The van der Waals surface area contributed by atoms with Gasteiger partial charge in [0.2, 0.25) is 0 Å². The van der Waals surface area contributed by atoms with E-state index >= 15 is 0 Å². The first-order valence-corrected chi connectivity index (χ1v) is 7.33. The Bertz CT molecular complexity index is 543. The number of rotatable bonds is 4. The van der Waals surface area contributed by atoms with E-state index in [9.17, 15) is 22.7 Å². The minimum atomic E-state index is -4.72. The van der Waals surface area contributed by atoms with E-state index in [-0.39, 0.29) is 19.4 Å². The predicted molar refractivity (Wildman–Crippen MR) is 74.4 cm³/mol. The van der Waals surface area contributed by atoms with Crippen molar-refractivity contribution in [3.8, 4) is 5.75 Å². The van der Waals surface area contributed by atoms with Gasteiger partial charge in [-0.15, -0.1) is 0 Å². The van der Waals surface area contributed by atoms with Crippen LogP contribution < -0.4 is 4.74 Å². The topological polar surface area (TPSA) is 29.5 Å². The third-order valence-corrected chi connectivity index (χ3v) is 4.38. The molecule has 0 saturated heterocycles. The summed E-state index contributed by atoms with van der Waals surface area (Å²) in [6, 6.07) is 3.85. The molecule has 0 aliphatic carbocycles. The Morgan fingerprint density at radius 1 is 1.32 bits per heavy atom. The smallest absolute Gasteiger partial charge is 0.417 e. The fraction of sp³-hybridized carbons (Fsp3) is 0.625. The molecule has 1 aliphatic heterocycles. The summed E-state index contributed by atoms with van der Waals surface area (Å²) in [6.45, 7) is 3.46. The van der Waals surface area contributed by atoms with Crippen LogP contribution in [0, 0.1) is 5.82 Å². The number of aliphatic hydroxyl groups is 1. The first-order valence-electron chi connectivity index (χ1n) is 7.33. The van der Waals surface area contributed by atoms with Gasteiger partial charge in [0.05, 0.1) is 6.61 Å². The molecule has 22 heavy (non-hydrogen) atoms. The van der Waals surface area contributed by atoms with Gasteiger partial charge < -0.3 is 9.84 Å². The lowest BCUT2D eigenvalue weighted by Crippen LogP contribution is -2.50. The Hall–Kier alpha value is -1.30. The number of fused-ring (bicyclic) bond motifs is 1. The third-order valence-electron chi connectivity index (χ3n) is 4.38. The fourth-order valence-electron chi connectivity index (χ4n) is 3.19. The van der Waals surface area contributed by atoms with Crippen molar-refractivity contribution in [3.05, 3.63) is 29.6 Å². The van der Waals surface area contributed by atoms with Crippen LogP contribution in [0.15, 0.2) is 18.2 Å². The molecule has 2 rings (SSSR count). The molecule has 1 aromatic carbocycles. The summed E-state index contributed by atoms with van der Waals surface area (Å²) in [5, 5.41) is 10.2. The monoisotopic (exact) mass is 320 g/mol. The van der Waals surface area contributed by atoms with Crippen LogP contribution in [0.2, 0.25) is 0 Å². The van der Waals surface area contributed by atoms with Gasteiger partial charge in [-0.25, -0.2) is 4.39 Å². The van der Waals surface area contributed by atoms with Gasteiger partial charge in [-0.3, -0.25) is 0 Å². The van der Waals surface area contributed by atoms with Crippen LogP contribution in [0.1, 0.15) is 45.1 Å². The van der Waals surface area contributed by atoms with E-state index in [0.29, 0.717) is 17.7 Å². The Balaban J connectivity index is 2.42. The van der Waals surface area contributed by atoms with E-state index in [1.807, 2.05) is 0 Å². The summed E-state index contributed by atoms with van der Waals surface area (Å²) in [4.78, 5) is 0. The van der Waals surface area contributed by atoms with Crippen molar-refractivity contribution in [1.82, 2.24) is 0 Å². The second-order valence-corrected chi connectivity index (χ2v) is 6.26. The van der Waals surface area contributed by atoms with Gasteiger partial charge in [-0.2, -0.15) is 13.2 Å². The number of ether oxygens (including phenoxy) is 1. The Kier molecular flexibility index (Phi) is 4.44. The predicted octanol–water partition coefficient (Wildman–Crippen LogP) is 4.35. The summed E-state index contributed by atoms with van der Waals surface area (Å²) in [5.41, 5.74) is -3.38. The largest absolute Gasteiger partial charge is 0.493 e. The fourth-order valence-corrected chi connectivity index (χ4v) is 3.19. The zero-order valence-electron chi connectivity index (χ0n) is 12.6. The van der Waals surface area contributed by atoms with Gasteiger partial charge in [0, 0.05) is 11.0 Å². The highest BCUT2D eigenvalue weighted by atomic mass is 19.4. The molecule has 6 heteroatoms. The zero-order chi connectivity index (χ0) is 16.6. The molecule has 0 spiro atoms. The van der Waals surface area contributed by atoms with Crippen LogP contribution in [-0.4, -0.2) is 23.5 Å². The number of alkyl halides is 3. The molecule has 124 valence electrons. The average Bonchev–Trinajstić information content (AvgIpc) is 2.38. The SMILES string of the molecule is CCCC(O)(CC1(C)CCOc2ccc(F)cc21)C(F)(F)F. The summed E-state index contributed by atoms with van der Waals surface area (Å²) >= 11 is 0. The third kappa shape index (κ3) is 3.07. The molecule has 1 heterocycles. The maximum Gasteiger partial charge on any atom is 0.417 e. The molecule has 0 fully saturated rings. The van der Waals surface area contributed by atoms with Crippen molar-refractivity contribution in [1.29, 1.82) is 0 Å². The van der Waals surface area contributed by atoms with Crippen LogP contribution in [0.4, 0.5) is 17.6 Å². The van der Waals surface area contributed by atoms with E-state index < -0.39 is 29.4 Å². The molecule has 1 N–H and O–H groups in total. The minimum absolute atomic E-state index is 0.207. The Morgan fingerprint density at radius 2 is 2.00 bits per heavy atom. The quantitative estimate of drug-likeness (QED) is 0.836. The van der Waals surface area contributed by atoms with Crippen LogP contribution in [0.5, 0.6) is 5.75 Å². The number of hydrogen-bond donors (Lipinski definition) is 1. The molecule has 0 bridgehead atoms. The highest BCUT2D eigenvalue weighted by molar-refractivity contribution is 5.41. The molecule has 0 radical (unpaired) electrons. The highest BCUT2D eigenvalue weighted by Crippen LogP contribution is 2.48. The first-order chi connectivity index (χ1) is 10.1. The molecule has 1 aromatic rings. The number of halogens is 4. The maximum atomic E-state index is 13.5. The van der Waals surface area contributed by atoms with Gasteiger partial charge in [0.1, 0.15) is 11.6 Å². The van der Waals surface area contributed by atoms with Crippen molar-refractivity contribution < 1.29 is 27.4 Å². The minimum Gasteiger partial charge on any atom is -0.493 e. The first kappa shape index (κ1) is 17.1. The molecule has 2 unspecified atom stereocenters. The van der Waals surface area contributed by atoms with Gasteiger partial charge in [0.25, 0.3) is 0 Å². The van der Waals surface area contributed by atoms with Crippen molar-refractivity contribution in [2.45, 2.75) is 56.7 Å². The second kappa shape index (κ2) is 5.72. The van der Waals surface area contributed by atoms with E-state index in [1.54, 1.807) is 13.8 Å². The number of hydrogen-bond acceptors (Lipinski definition) is 2. The molecule has 1 aliphatic rings. The zero-order valence-corrected chi connectivity index (χ0v) is 12.6. The van der Waals surface area contributed by atoms with Crippen LogP contribution in [-0.2, 0) is 5.41 Å². The Morgan fingerprint density at radius 3 is 2.59 bits per heavy atom. The van der Waals surface area contributed by atoms with E-state index in [4.69, 9.17) is 4.74 Å². The van der Waals surface area contributed by atoms with E-state index in [0.717, 1.165) is 0 Å².